The predicted molar refractivity (Wildman–Crippen MR) is 43.4 cm³/mol. The molecule has 0 aliphatic heterocycles. The molecule has 60 valence electrons. The van der Waals surface area contributed by atoms with Gasteiger partial charge in [-0.3, -0.25) is 0 Å². The first-order valence-corrected chi connectivity index (χ1v) is 3.42. The summed E-state index contributed by atoms with van der Waals surface area (Å²) in [7, 11) is 0. The van der Waals surface area contributed by atoms with Crippen LogP contribution < -0.4 is 11.5 Å². The molecule has 2 nitrogen and oxygen atoms in total. The van der Waals surface area contributed by atoms with Gasteiger partial charge in [0.25, 0.3) is 0 Å². The van der Waals surface area contributed by atoms with Gasteiger partial charge in [-0.25, -0.2) is 4.39 Å². The van der Waals surface area contributed by atoms with Crippen LogP contribution in [0.2, 0.25) is 0 Å². The predicted octanol–water partition coefficient (Wildman–Crippen LogP) is 1.43. The van der Waals surface area contributed by atoms with Crippen molar-refractivity contribution in [2.75, 3.05) is 5.73 Å². The summed E-state index contributed by atoms with van der Waals surface area (Å²) in [6.07, 6.45) is 0. The van der Waals surface area contributed by atoms with Crippen molar-refractivity contribution in [1.29, 1.82) is 0 Å². The summed E-state index contributed by atoms with van der Waals surface area (Å²) in [6, 6.07) is 4.10. The number of anilines is 1. The summed E-state index contributed by atoms with van der Waals surface area (Å²) < 4.78 is 12.5. The van der Waals surface area contributed by atoms with Gasteiger partial charge in [0.15, 0.2) is 0 Å². The van der Waals surface area contributed by atoms with Crippen LogP contribution in [0.25, 0.3) is 0 Å². The first-order valence-electron chi connectivity index (χ1n) is 3.42. The van der Waals surface area contributed by atoms with Gasteiger partial charge in [-0.1, -0.05) is 6.07 Å². The molecule has 0 aromatic heterocycles. The maximum Gasteiger partial charge on any atom is 0.125 e. The number of benzene rings is 1. The zero-order valence-corrected chi connectivity index (χ0v) is 6.34. The smallest absolute Gasteiger partial charge is 0.125 e. The van der Waals surface area contributed by atoms with Gasteiger partial charge in [-0.05, 0) is 24.6 Å². The van der Waals surface area contributed by atoms with Crippen molar-refractivity contribution >= 4 is 5.69 Å². The molecule has 1 unspecified atom stereocenters. The first kappa shape index (κ1) is 8.01. The molecule has 0 aliphatic rings. The van der Waals surface area contributed by atoms with Crippen LogP contribution in [0.4, 0.5) is 10.1 Å². The third kappa shape index (κ3) is 1.68. The Morgan fingerprint density at radius 2 is 2.09 bits per heavy atom. The van der Waals surface area contributed by atoms with E-state index in [0.717, 1.165) is 5.56 Å². The summed E-state index contributed by atoms with van der Waals surface area (Å²) >= 11 is 0. The molecule has 3 heteroatoms. The number of nitrogen functional groups attached to an aromatic ring is 1. The Labute approximate surface area is 65.0 Å². The molecule has 0 heterocycles. The molecule has 0 spiro atoms. The SMILES string of the molecule is CC(N)c1ccc(F)cc1N. The molecule has 1 atom stereocenters. The molecule has 11 heavy (non-hydrogen) atoms. The van der Waals surface area contributed by atoms with Crippen LogP contribution in [-0.4, -0.2) is 0 Å². The lowest BCUT2D eigenvalue weighted by Gasteiger charge is -2.08. The highest BCUT2D eigenvalue weighted by atomic mass is 19.1. The van der Waals surface area contributed by atoms with E-state index in [1.165, 1.54) is 12.1 Å². The fourth-order valence-corrected chi connectivity index (χ4v) is 0.960. The van der Waals surface area contributed by atoms with Gasteiger partial charge >= 0.3 is 0 Å². The summed E-state index contributed by atoms with van der Waals surface area (Å²) in [4.78, 5) is 0. The van der Waals surface area contributed by atoms with Crippen LogP contribution in [-0.2, 0) is 0 Å². The summed E-state index contributed by atoms with van der Waals surface area (Å²) in [5.74, 6) is -0.327. The standard InChI is InChI=1S/C8H11FN2/c1-5(10)7-3-2-6(9)4-8(7)11/h2-5H,10-11H2,1H3. The summed E-state index contributed by atoms with van der Waals surface area (Å²) in [5.41, 5.74) is 12.3. The Balaban J connectivity index is 3.09. The van der Waals surface area contributed by atoms with E-state index in [0.29, 0.717) is 5.69 Å². The second kappa shape index (κ2) is 2.88. The Kier molecular flexibility index (Phi) is 2.10. The van der Waals surface area contributed by atoms with Crippen LogP contribution in [0.3, 0.4) is 0 Å². The third-order valence-corrected chi connectivity index (χ3v) is 1.54. The average Bonchev–Trinajstić information content (AvgIpc) is 1.85. The maximum atomic E-state index is 12.5. The van der Waals surface area contributed by atoms with Gasteiger partial charge in [0.1, 0.15) is 5.82 Å². The Bertz CT molecular complexity index is 258. The molecule has 0 fully saturated rings. The van der Waals surface area contributed by atoms with Crippen LogP contribution in [0, 0.1) is 5.82 Å². The lowest BCUT2D eigenvalue weighted by atomic mass is 10.1. The van der Waals surface area contributed by atoms with Crippen molar-refractivity contribution in [3.63, 3.8) is 0 Å². The van der Waals surface area contributed by atoms with Crippen LogP contribution >= 0.6 is 0 Å². The van der Waals surface area contributed by atoms with Crippen molar-refractivity contribution in [3.05, 3.63) is 29.6 Å². The van der Waals surface area contributed by atoms with E-state index in [-0.39, 0.29) is 11.9 Å². The fraction of sp³-hybridized carbons (Fsp3) is 0.250. The van der Waals surface area contributed by atoms with E-state index in [2.05, 4.69) is 0 Å². The number of nitrogens with two attached hydrogens (primary N) is 2. The maximum absolute atomic E-state index is 12.5. The van der Waals surface area contributed by atoms with Crippen molar-refractivity contribution in [2.45, 2.75) is 13.0 Å². The van der Waals surface area contributed by atoms with E-state index in [1.54, 1.807) is 6.07 Å². The van der Waals surface area contributed by atoms with Crippen molar-refractivity contribution in [3.8, 4) is 0 Å². The first-order chi connectivity index (χ1) is 5.11. The Hall–Kier alpha value is -1.09. The highest BCUT2D eigenvalue weighted by Crippen LogP contribution is 2.18. The van der Waals surface area contributed by atoms with Gasteiger partial charge in [0.05, 0.1) is 0 Å². The van der Waals surface area contributed by atoms with Gasteiger partial charge < -0.3 is 11.5 Å². The van der Waals surface area contributed by atoms with E-state index in [9.17, 15) is 4.39 Å². The molecule has 0 radical (unpaired) electrons. The zero-order chi connectivity index (χ0) is 8.43. The average molecular weight is 154 g/mol. The molecule has 4 N–H and O–H groups in total. The molecule has 1 aromatic carbocycles. The van der Waals surface area contributed by atoms with Crippen molar-refractivity contribution in [2.24, 2.45) is 5.73 Å². The van der Waals surface area contributed by atoms with E-state index in [1.807, 2.05) is 6.92 Å². The second-order valence-electron chi connectivity index (χ2n) is 2.56. The van der Waals surface area contributed by atoms with E-state index in [4.69, 9.17) is 11.5 Å². The van der Waals surface area contributed by atoms with E-state index < -0.39 is 0 Å². The molecule has 0 aliphatic carbocycles. The number of hydrogen-bond acceptors (Lipinski definition) is 2. The Morgan fingerprint density at radius 3 is 2.55 bits per heavy atom. The van der Waals surface area contributed by atoms with Crippen LogP contribution in [0.1, 0.15) is 18.5 Å². The lowest BCUT2D eigenvalue weighted by Crippen LogP contribution is -2.08. The normalized spacial score (nSPS) is 13.0. The van der Waals surface area contributed by atoms with Crippen LogP contribution in [0.5, 0.6) is 0 Å². The lowest BCUT2D eigenvalue weighted by molar-refractivity contribution is 0.627. The molecular formula is C8H11FN2. The van der Waals surface area contributed by atoms with Gasteiger partial charge in [0, 0.05) is 11.7 Å². The van der Waals surface area contributed by atoms with Crippen molar-refractivity contribution in [1.82, 2.24) is 0 Å². The van der Waals surface area contributed by atoms with Crippen LogP contribution in [0.15, 0.2) is 18.2 Å². The zero-order valence-electron chi connectivity index (χ0n) is 6.34. The molecule has 0 bridgehead atoms. The number of hydrogen-bond donors (Lipinski definition) is 2. The Morgan fingerprint density at radius 1 is 1.45 bits per heavy atom. The molecule has 1 aromatic rings. The van der Waals surface area contributed by atoms with Crippen molar-refractivity contribution < 1.29 is 4.39 Å². The number of rotatable bonds is 1. The van der Waals surface area contributed by atoms with Gasteiger partial charge in [-0.15, -0.1) is 0 Å². The number of halogens is 1. The molecular weight excluding hydrogens is 143 g/mol. The minimum atomic E-state index is -0.327. The van der Waals surface area contributed by atoms with Gasteiger partial charge in [-0.2, -0.15) is 0 Å². The second-order valence-corrected chi connectivity index (χ2v) is 2.56. The quantitative estimate of drug-likeness (QED) is 0.601. The minimum absolute atomic E-state index is 0.143. The summed E-state index contributed by atoms with van der Waals surface area (Å²) in [6.45, 7) is 1.81. The molecule has 1 rings (SSSR count). The largest absolute Gasteiger partial charge is 0.398 e. The molecule has 0 saturated heterocycles. The summed E-state index contributed by atoms with van der Waals surface area (Å²) in [5, 5.41) is 0. The fourth-order valence-electron chi connectivity index (χ4n) is 0.960. The minimum Gasteiger partial charge on any atom is -0.398 e. The molecule has 0 amide bonds. The van der Waals surface area contributed by atoms with Gasteiger partial charge in [0.2, 0.25) is 0 Å². The topological polar surface area (TPSA) is 52.0 Å². The molecule has 0 saturated carbocycles. The highest BCUT2D eigenvalue weighted by molar-refractivity contribution is 5.48. The van der Waals surface area contributed by atoms with E-state index >= 15 is 0 Å². The monoisotopic (exact) mass is 154 g/mol. The third-order valence-electron chi connectivity index (χ3n) is 1.54. The highest BCUT2D eigenvalue weighted by Gasteiger charge is 2.03.